The van der Waals surface area contributed by atoms with Crippen molar-refractivity contribution in [3.63, 3.8) is 0 Å². The first-order valence-corrected chi connectivity index (χ1v) is 6.01. The number of rotatable bonds is 2. The summed E-state index contributed by atoms with van der Waals surface area (Å²) in [4.78, 5) is 4.52. The average Bonchev–Trinajstić information content (AvgIpc) is 2.27. The molecule has 0 unspecified atom stereocenters. The Morgan fingerprint density at radius 2 is 2.12 bits per heavy atom. The normalized spacial score (nSPS) is 10.8. The molecule has 0 amide bonds. The van der Waals surface area contributed by atoms with Crippen LogP contribution in [0.5, 0.6) is 0 Å². The van der Waals surface area contributed by atoms with E-state index < -0.39 is 0 Å². The second-order valence-electron chi connectivity index (χ2n) is 3.81. The van der Waals surface area contributed by atoms with Gasteiger partial charge < -0.3 is 5.43 Å². The Labute approximate surface area is 103 Å². The van der Waals surface area contributed by atoms with Crippen LogP contribution in [0.2, 0.25) is 0 Å². The first-order valence-electron chi connectivity index (χ1n) is 5.22. The monoisotopic (exact) mass is 279 g/mol. The summed E-state index contributed by atoms with van der Waals surface area (Å²) in [6.07, 6.45) is 0.911. The molecule has 1 heterocycles. The zero-order chi connectivity index (χ0) is 11.7. The van der Waals surface area contributed by atoms with E-state index >= 15 is 0 Å². The highest BCUT2D eigenvalue weighted by Crippen LogP contribution is 2.27. The molecule has 0 saturated carbocycles. The summed E-state index contributed by atoms with van der Waals surface area (Å²) >= 11 is 3.53. The second-order valence-corrected chi connectivity index (χ2v) is 4.67. The lowest BCUT2D eigenvalue weighted by Crippen LogP contribution is -2.11. The predicted octanol–water partition coefficient (Wildman–Crippen LogP) is 3.15. The van der Waals surface area contributed by atoms with Gasteiger partial charge in [0.25, 0.3) is 0 Å². The molecule has 0 saturated heterocycles. The van der Waals surface area contributed by atoms with E-state index in [0.29, 0.717) is 0 Å². The molecule has 2 aromatic rings. The minimum atomic E-state index is 0.750. The molecule has 0 aliphatic rings. The SMILES string of the molecule is CCc1cc2cc(C)cc(Br)c2nc1NN. The molecule has 1 aromatic carbocycles. The van der Waals surface area contributed by atoms with Gasteiger partial charge in [-0.2, -0.15) is 0 Å². The lowest BCUT2D eigenvalue weighted by molar-refractivity contribution is 1.10. The van der Waals surface area contributed by atoms with Crippen molar-refractivity contribution >= 4 is 32.7 Å². The van der Waals surface area contributed by atoms with Gasteiger partial charge in [0.1, 0.15) is 5.82 Å². The van der Waals surface area contributed by atoms with Gasteiger partial charge in [-0.05, 0) is 58.6 Å². The van der Waals surface area contributed by atoms with Gasteiger partial charge in [-0.15, -0.1) is 0 Å². The minimum absolute atomic E-state index is 0.750. The number of aromatic nitrogens is 1. The highest BCUT2D eigenvalue weighted by atomic mass is 79.9. The van der Waals surface area contributed by atoms with E-state index in [0.717, 1.165) is 33.2 Å². The van der Waals surface area contributed by atoms with Crippen LogP contribution in [-0.2, 0) is 6.42 Å². The van der Waals surface area contributed by atoms with E-state index in [2.05, 4.69) is 58.4 Å². The van der Waals surface area contributed by atoms with Crippen molar-refractivity contribution in [3.05, 3.63) is 33.8 Å². The second kappa shape index (κ2) is 4.39. The van der Waals surface area contributed by atoms with Gasteiger partial charge in [0, 0.05) is 9.86 Å². The van der Waals surface area contributed by atoms with Crippen LogP contribution in [-0.4, -0.2) is 4.98 Å². The van der Waals surface area contributed by atoms with Gasteiger partial charge in [-0.25, -0.2) is 10.8 Å². The van der Waals surface area contributed by atoms with Crippen LogP contribution < -0.4 is 11.3 Å². The highest BCUT2D eigenvalue weighted by molar-refractivity contribution is 9.10. The molecule has 4 heteroatoms. The van der Waals surface area contributed by atoms with Gasteiger partial charge in [-0.3, -0.25) is 0 Å². The van der Waals surface area contributed by atoms with Crippen LogP contribution in [0, 0.1) is 6.92 Å². The molecule has 0 atom stereocenters. The molecule has 0 aliphatic heterocycles. The molecule has 0 bridgehead atoms. The Morgan fingerprint density at radius 1 is 1.38 bits per heavy atom. The number of nitrogen functional groups attached to an aromatic ring is 1. The number of hydrazine groups is 1. The zero-order valence-corrected chi connectivity index (χ0v) is 10.9. The fraction of sp³-hybridized carbons (Fsp3) is 0.250. The van der Waals surface area contributed by atoms with Crippen molar-refractivity contribution in [1.82, 2.24) is 4.98 Å². The number of fused-ring (bicyclic) bond motifs is 1. The topological polar surface area (TPSA) is 50.9 Å². The molecular weight excluding hydrogens is 266 g/mol. The fourth-order valence-electron chi connectivity index (χ4n) is 1.82. The summed E-state index contributed by atoms with van der Waals surface area (Å²) in [5.74, 6) is 6.22. The summed E-state index contributed by atoms with van der Waals surface area (Å²) in [7, 11) is 0. The lowest BCUT2D eigenvalue weighted by Gasteiger charge is -2.09. The third-order valence-electron chi connectivity index (χ3n) is 2.61. The highest BCUT2D eigenvalue weighted by Gasteiger charge is 2.07. The van der Waals surface area contributed by atoms with E-state index in [1.165, 1.54) is 5.56 Å². The van der Waals surface area contributed by atoms with Gasteiger partial charge >= 0.3 is 0 Å². The van der Waals surface area contributed by atoms with Crippen LogP contribution in [0.15, 0.2) is 22.7 Å². The van der Waals surface area contributed by atoms with Crippen LogP contribution in [0.1, 0.15) is 18.1 Å². The van der Waals surface area contributed by atoms with Crippen molar-refractivity contribution in [2.24, 2.45) is 5.84 Å². The Morgan fingerprint density at radius 3 is 2.75 bits per heavy atom. The molecule has 0 spiro atoms. The Balaban J connectivity index is 2.78. The van der Waals surface area contributed by atoms with Crippen LogP contribution in [0.25, 0.3) is 10.9 Å². The summed E-state index contributed by atoms with van der Waals surface area (Å²) < 4.78 is 1.00. The first kappa shape index (κ1) is 11.4. The Bertz CT molecular complexity index is 537. The smallest absolute Gasteiger partial charge is 0.143 e. The van der Waals surface area contributed by atoms with Crippen molar-refractivity contribution < 1.29 is 0 Å². The molecule has 0 aliphatic carbocycles. The number of nitrogens with one attached hydrogen (secondary N) is 1. The molecule has 84 valence electrons. The van der Waals surface area contributed by atoms with Crippen LogP contribution in [0.3, 0.4) is 0 Å². The van der Waals surface area contributed by atoms with E-state index in [-0.39, 0.29) is 0 Å². The molecule has 3 nitrogen and oxygen atoms in total. The van der Waals surface area contributed by atoms with Crippen molar-refractivity contribution in [2.75, 3.05) is 5.43 Å². The van der Waals surface area contributed by atoms with Crippen molar-refractivity contribution in [3.8, 4) is 0 Å². The number of anilines is 1. The molecule has 2 rings (SSSR count). The van der Waals surface area contributed by atoms with Crippen LogP contribution in [0.4, 0.5) is 5.82 Å². The largest absolute Gasteiger partial charge is 0.308 e. The third-order valence-corrected chi connectivity index (χ3v) is 3.22. The Kier molecular flexibility index (Phi) is 3.12. The quantitative estimate of drug-likeness (QED) is 0.656. The number of nitrogens with zero attached hydrogens (tertiary/aromatic N) is 1. The molecule has 0 fully saturated rings. The van der Waals surface area contributed by atoms with Crippen LogP contribution >= 0.6 is 15.9 Å². The lowest BCUT2D eigenvalue weighted by atomic mass is 10.1. The molecular formula is C12H14BrN3. The molecule has 0 radical (unpaired) electrons. The fourth-order valence-corrected chi connectivity index (χ4v) is 2.50. The number of aryl methyl sites for hydroxylation is 2. The number of hydrogen-bond acceptors (Lipinski definition) is 3. The van der Waals surface area contributed by atoms with E-state index in [1.54, 1.807) is 0 Å². The number of benzene rings is 1. The maximum Gasteiger partial charge on any atom is 0.143 e. The number of pyridine rings is 1. The van der Waals surface area contributed by atoms with Gasteiger partial charge in [-0.1, -0.05) is 6.92 Å². The maximum absolute atomic E-state index is 5.47. The minimum Gasteiger partial charge on any atom is -0.308 e. The van der Waals surface area contributed by atoms with E-state index in [4.69, 9.17) is 5.84 Å². The van der Waals surface area contributed by atoms with Crippen molar-refractivity contribution in [2.45, 2.75) is 20.3 Å². The summed E-state index contributed by atoms with van der Waals surface area (Å²) in [6, 6.07) is 6.32. The zero-order valence-electron chi connectivity index (χ0n) is 9.34. The maximum atomic E-state index is 5.47. The number of hydrogen-bond donors (Lipinski definition) is 2. The Hall–Kier alpha value is -1.13. The van der Waals surface area contributed by atoms with Gasteiger partial charge in [0.15, 0.2) is 0 Å². The predicted molar refractivity (Wildman–Crippen MR) is 71.4 cm³/mol. The summed E-state index contributed by atoms with van der Waals surface area (Å²) in [5, 5.41) is 1.14. The van der Waals surface area contributed by atoms with Crippen molar-refractivity contribution in [1.29, 1.82) is 0 Å². The third kappa shape index (κ3) is 1.90. The molecule has 16 heavy (non-hydrogen) atoms. The van der Waals surface area contributed by atoms with Gasteiger partial charge in [0.2, 0.25) is 0 Å². The van der Waals surface area contributed by atoms with E-state index in [9.17, 15) is 0 Å². The summed E-state index contributed by atoms with van der Waals surface area (Å²) in [5.41, 5.74) is 5.94. The van der Waals surface area contributed by atoms with E-state index in [1.807, 2.05) is 0 Å². The molecule has 3 N–H and O–H groups in total. The summed E-state index contributed by atoms with van der Waals surface area (Å²) in [6.45, 7) is 4.17. The standard InChI is InChI=1S/C12H14BrN3/c1-3-8-6-9-4-7(2)5-10(13)11(9)15-12(8)16-14/h4-6H,3,14H2,1-2H3,(H,15,16). The first-order chi connectivity index (χ1) is 7.65. The number of nitrogens with two attached hydrogens (primary N) is 1. The van der Waals surface area contributed by atoms with Gasteiger partial charge in [0.05, 0.1) is 5.52 Å². The number of halogens is 1. The average molecular weight is 280 g/mol. The molecule has 1 aromatic heterocycles.